The van der Waals surface area contributed by atoms with Gasteiger partial charge in [-0.05, 0) is 42.6 Å². The average molecular weight is 469 g/mol. The van der Waals surface area contributed by atoms with Crippen molar-refractivity contribution < 1.29 is 14.3 Å². The highest BCUT2D eigenvalue weighted by Crippen LogP contribution is 2.28. The molecule has 0 N–H and O–H groups in total. The van der Waals surface area contributed by atoms with Crippen LogP contribution < -0.4 is 9.54 Å². The van der Waals surface area contributed by atoms with E-state index in [9.17, 15) is 4.79 Å². The Hall–Kier alpha value is -3.74. The number of nitrogens with zero attached hydrogens (tertiary/aromatic N) is 2. The lowest BCUT2D eigenvalue weighted by Gasteiger charge is -2.09. The number of fused-ring (bicyclic) bond motifs is 3. The topological polar surface area (TPSA) is 52.8 Å². The molecule has 0 bridgehead atoms. The van der Waals surface area contributed by atoms with E-state index in [2.05, 4.69) is 33.8 Å². The molecule has 0 saturated carbocycles. The van der Waals surface area contributed by atoms with Crippen LogP contribution in [0.15, 0.2) is 96.0 Å². The standard InChI is InChI=1S/C28H24N2O3S/c1-2-32-19-18-30-24-17-16-20-10-6-7-13-22(20)26(24)34-28(30)29-27(31)23-14-8-9-15-25(23)33-21-11-4-3-5-12-21/h3-17H,2,18-19H2,1H3. The molecule has 0 fully saturated rings. The summed E-state index contributed by atoms with van der Waals surface area (Å²) in [4.78, 5) is 18.6. The fraction of sp³-hybridized carbons (Fsp3) is 0.143. The number of rotatable bonds is 7. The number of hydrogen-bond acceptors (Lipinski definition) is 4. The number of amides is 1. The molecule has 0 atom stereocenters. The van der Waals surface area contributed by atoms with Crippen molar-refractivity contribution >= 4 is 38.2 Å². The molecule has 0 spiro atoms. The fourth-order valence-electron chi connectivity index (χ4n) is 3.90. The van der Waals surface area contributed by atoms with Gasteiger partial charge in [0.2, 0.25) is 0 Å². The van der Waals surface area contributed by atoms with Crippen LogP contribution in [0.3, 0.4) is 0 Å². The number of para-hydroxylation sites is 2. The highest BCUT2D eigenvalue weighted by Gasteiger charge is 2.15. The smallest absolute Gasteiger partial charge is 0.283 e. The summed E-state index contributed by atoms with van der Waals surface area (Å²) >= 11 is 1.52. The highest BCUT2D eigenvalue weighted by molar-refractivity contribution is 7.17. The monoisotopic (exact) mass is 468 g/mol. The molecule has 0 aliphatic rings. The number of ether oxygens (including phenoxy) is 2. The second-order valence-electron chi connectivity index (χ2n) is 7.70. The van der Waals surface area contributed by atoms with Gasteiger partial charge in [-0.2, -0.15) is 4.99 Å². The summed E-state index contributed by atoms with van der Waals surface area (Å²) in [5.74, 6) is 0.810. The molecule has 1 aromatic heterocycles. The predicted molar refractivity (Wildman–Crippen MR) is 137 cm³/mol. The van der Waals surface area contributed by atoms with Gasteiger partial charge in [0.05, 0.1) is 22.4 Å². The summed E-state index contributed by atoms with van der Waals surface area (Å²) in [5.41, 5.74) is 1.47. The van der Waals surface area contributed by atoms with Gasteiger partial charge in [0, 0.05) is 18.5 Å². The molecule has 5 nitrogen and oxygen atoms in total. The van der Waals surface area contributed by atoms with Gasteiger partial charge in [-0.25, -0.2) is 0 Å². The van der Waals surface area contributed by atoms with E-state index in [1.165, 1.54) is 11.3 Å². The Labute approximate surface area is 201 Å². The molecule has 170 valence electrons. The number of thiazole rings is 1. The van der Waals surface area contributed by atoms with Crippen molar-refractivity contribution in [2.45, 2.75) is 13.5 Å². The number of carbonyl (C=O) groups excluding carboxylic acids is 1. The molecular weight excluding hydrogens is 444 g/mol. The number of hydrogen-bond donors (Lipinski definition) is 0. The Bertz CT molecular complexity index is 1520. The minimum absolute atomic E-state index is 0.340. The molecule has 5 aromatic rings. The molecule has 0 unspecified atom stereocenters. The Balaban J connectivity index is 1.60. The van der Waals surface area contributed by atoms with Crippen molar-refractivity contribution in [3.63, 3.8) is 0 Å². The predicted octanol–water partition coefficient (Wildman–Crippen LogP) is 6.43. The minimum atomic E-state index is -0.340. The first kappa shape index (κ1) is 22.1. The van der Waals surface area contributed by atoms with Crippen LogP contribution in [0.2, 0.25) is 0 Å². The Morgan fingerprint density at radius 2 is 1.68 bits per heavy atom. The van der Waals surface area contributed by atoms with Gasteiger partial charge in [0.15, 0.2) is 4.80 Å². The number of benzene rings is 4. The van der Waals surface area contributed by atoms with E-state index in [0.29, 0.717) is 41.6 Å². The molecule has 6 heteroatoms. The summed E-state index contributed by atoms with van der Waals surface area (Å²) in [6.45, 7) is 3.77. The molecule has 0 radical (unpaired) electrons. The van der Waals surface area contributed by atoms with Gasteiger partial charge in [-0.1, -0.05) is 72.0 Å². The summed E-state index contributed by atoms with van der Waals surface area (Å²) in [5, 5.41) is 2.31. The number of aromatic nitrogens is 1. The Kier molecular flexibility index (Phi) is 6.51. The molecule has 5 rings (SSSR count). The molecular formula is C28H24N2O3S. The van der Waals surface area contributed by atoms with Crippen LogP contribution in [-0.4, -0.2) is 23.7 Å². The van der Waals surface area contributed by atoms with Crippen LogP contribution in [0, 0.1) is 0 Å². The van der Waals surface area contributed by atoms with E-state index in [1.807, 2.05) is 61.5 Å². The maximum atomic E-state index is 13.4. The van der Waals surface area contributed by atoms with Crippen molar-refractivity contribution in [1.82, 2.24) is 4.57 Å². The zero-order chi connectivity index (χ0) is 23.3. The van der Waals surface area contributed by atoms with E-state index in [1.54, 1.807) is 12.1 Å². The molecule has 34 heavy (non-hydrogen) atoms. The number of carbonyl (C=O) groups is 1. The minimum Gasteiger partial charge on any atom is -0.457 e. The quantitative estimate of drug-likeness (QED) is 0.259. The van der Waals surface area contributed by atoms with Gasteiger partial charge in [0.25, 0.3) is 5.91 Å². The van der Waals surface area contributed by atoms with Gasteiger partial charge in [-0.3, -0.25) is 4.79 Å². The van der Waals surface area contributed by atoms with E-state index in [0.717, 1.165) is 21.0 Å². The Morgan fingerprint density at radius 1 is 0.912 bits per heavy atom. The summed E-state index contributed by atoms with van der Waals surface area (Å²) in [6, 6.07) is 29.1. The van der Waals surface area contributed by atoms with Crippen molar-refractivity contribution in [3.8, 4) is 11.5 Å². The van der Waals surface area contributed by atoms with Gasteiger partial charge < -0.3 is 14.0 Å². The van der Waals surface area contributed by atoms with Crippen LogP contribution in [0.25, 0.3) is 21.0 Å². The van der Waals surface area contributed by atoms with E-state index in [-0.39, 0.29) is 5.91 Å². The normalized spacial score (nSPS) is 11.9. The van der Waals surface area contributed by atoms with E-state index in [4.69, 9.17) is 9.47 Å². The fourth-order valence-corrected chi connectivity index (χ4v) is 5.08. The molecule has 0 aliphatic carbocycles. The van der Waals surface area contributed by atoms with Crippen LogP contribution in [-0.2, 0) is 11.3 Å². The third-order valence-electron chi connectivity index (χ3n) is 5.52. The maximum absolute atomic E-state index is 13.4. The second kappa shape index (κ2) is 10.0. The SMILES string of the molecule is CCOCCn1c(=NC(=O)c2ccccc2Oc2ccccc2)sc2c3ccccc3ccc21. The third-order valence-corrected chi connectivity index (χ3v) is 6.65. The second-order valence-corrected chi connectivity index (χ2v) is 8.67. The lowest BCUT2D eigenvalue weighted by atomic mass is 10.1. The van der Waals surface area contributed by atoms with Gasteiger partial charge >= 0.3 is 0 Å². The first-order chi connectivity index (χ1) is 16.7. The lowest BCUT2D eigenvalue weighted by Crippen LogP contribution is -2.19. The van der Waals surface area contributed by atoms with E-state index < -0.39 is 0 Å². The van der Waals surface area contributed by atoms with Crippen molar-refractivity contribution in [1.29, 1.82) is 0 Å². The van der Waals surface area contributed by atoms with Crippen LogP contribution in [0.4, 0.5) is 0 Å². The van der Waals surface area contributed by atoms with E-state index >= 15 is 0 Å². The largest absolute Gasteiger partial charge is 0.457 e. The van der Waals surface area contributed by atoms with Crippen LogP contribution in [0.1, 0.15) is 17.3 Å². The molecule has 4 aromatic carbocycles. The van der Waals surface area contributed by atoms with Crippen LogP contribution >= 0.6 is 11.3 Å². The highest BCUT2D eigenvalue weighted by atomic mass is 32.1. The van der Waals surface area contributed by atoms with Crippen molar-refractivity contribution in [2.75, 3.05) is 13.2 Å². The molecule has 0 saturated heterocycles. The third kappa shape index (κ3) is 4.51. The first-order valence-electron chi connectivity index (χ1n) is 11.2. The zero-order valence-electron chi connectivity index (χ0n) is 18.8. The molecule has 1 amide bonds. The average Bonchev–Trinajstić information content (AvgIpc) is 3.22. The lowest BCUT2D eigenvalue weighted by molar-refractivity contribution is 0.0994. The molecule has 1 heterocycles. The van der Waals surface area contributed by atoms with Crippen LogP contribution in [0.5, 0.6) is 11.5 Å². The van der Waals surface area contributed by atoms with Gasteiger partial charge in [0.1, 0.15) is 11.5 Å². The summed E-state index contributed by atoms with van der Waals surface area (Å²) in [7, 11) is 0. The Morgan fingerprint density at radius 3 is 2.53 bits per heavy atom. The first-order valence-corrected chi connectivity index (χ1v) is 12.1. The maximum Gasteiger partial charge on any atom is 0.283 e. The van der Waals surface area contributed by atoms with Crippen molar-refractivity contribution in [3.05, 3.63) is 101 Å². The van der Waals surface area contributed by atoms with Gasteiger partial charge in [-0.15, -0.1) is 0 Å². The van der Waals surface area contributed by atoms with Crippen molar-refractivity contribution in [2.24, 2.45) is 4.99 Å². The zero-order valence-corrected chi connectivity index (χ0v) is 19.6. The summed E-state index contributed by atoms with van der Waals surface area (Å²) < 4.78 is 14.8. The summed E-state index contributed by atoms with van der Waals surface area (Å²) in [6.07, 6.45) is 0. The molecule has 0 aliphatic heterocycles.